The monoisotopic (exact) mass is 415 g/mol. The fraction of sp³-hybridized carbons (Fsp3) is 0.333. The molecule has 1 heterocycles. The second-order valence-electron chi connectivity index (χ2n) is 6.94. The van der Waals surface area contributed by atoms with Crippen LogP contribution in [0.15, 0.2) is 53.4 Å². The van der Waals surface area contributed by atoms with Gasteiger partial charge in [0.25, 0.3) is 0 Å². The first kappa shape index (κ1) is 21.0. The third-order valence-corrected chi connectivity index (χ3v) is 6.38. The summed E-state index contributed by atoms with van der Waals surface area (Å²) < 4.78 is 25.7. The molecular weight excluding hydrogens is 390 g/mol. The molecule has 7 nitrogen and oxygen atoms in total. The number of anilines is 1. The molecule has 1 fully saturated rings. The van der Waals surface area contributed by atoms with Crippen LogP contribution in [0.3, 0.4) is 0 Å². The number of hydrogen-bond donors (Lipinski definition) is 2. The standard InChI is InChI=1S/C21H25N3O4S/c1-22-29(27,28)19-11-6-16(7-12-19)8-13-20(25)23-15-17-4-9-18(10-5-17)24-14-2-3-21(24)26/h4-7,9-12,22H,2-3,8,13-15H2,1H3,(H,23,25). The average molecular weight is 416 g/mol. The SMILES string of the molecule is CNS(=O)(=O)c1ccc(CCC(=O)NCc2ccc(N3CCCC3=O)cc2)cc1. The van der Waals surface area contributed by atoms with E-state index in [0.717, 1.165) is 29.8 Å². The molecule has 8 heteroatoms. The molecule has 1 saturated heterocycles. The van der Waals surface area contributed by atoms with Crippen LogP contribution in [0, 0.1) is 0 Å². The van der Waals surface area contributed by atoms with Gasteiger partial charge < -0.3 is 10.2 Å². The van der Waals surface area contributed by atoms with Crippen molar-refractivity contribution in [3.63, 3.8) is 0 Å². The summed E-state index contributed by atoms with van der Waals surface area (Å²) >= 11 is 0. The van der Waals surface area contributed by atoms with E-state index in [1.807, 2.05) is 24.3 Å². The van der Waals surface area contributed by atoms with Crippen LogP contribution in [0.25, 0.3) is 0 Å². The average Bonchev–Trinajstić information content (AvgIpc) is 3.17. The van der Waals surface area contributed by atoms with Crippen molar-refractivity contribution >= 4 is 27.5 Å². The Morgan fingerprint density at radius 1 is 1.03 bits per heavy atom. The molecule has 0 radical (unpaired) electrons. The smallest absolute Gasteiger partial charge is 0.240 e. The van der Waals surface area contributed by atoms with Gasteiger partial charge in [-0.25, -0.2) is 13.1 Å². The van der Waals surface area contributed by atoms with Gasteiger partial charge in [-0.1, -0.05) is 24.3 Å². The molecule has 3 rings (SSSR count). The molecule has 2 N–H and O–H groups in total. The highest BCUT2D eigenvalue weighted by molar-refractivity contribution is 7.89. The minimum absolute atomic E-state index is 0.0734. The second kappa shape index (κ2) is 9.19. The van der Waals surface area contributed by atoms with E-state index >= 15 is 0 Å². The molecule has 0 atom stereocenters. The normalized spacial score (nSPS) is 14.2. The summed E-state index contributed by atoms with van der Waals surface area (Å²) in [5.41, 5.74) is 2.76. The third-order valence-electron chi connectivity index (χ3n) is 4.95. The molecule has 2 aromatic carbocycles. The van der Waals surface area contributed by atoms with Crippen molar-refractivity contribution in [1.29, 1.82) is 0 Å². The quantitative estimate of drug-likeness (QED) is 0.689. The Morgan fingerprint density at radius 3 is 2.28 bits per heavy atom. The molecule has 2 amide bonds. The van der Waals surface area contributed by atoms with Crippen molar-refractivity contribution in [2.24, 2.45) is 0 Å². The molecule has 0 saturated carbocycles. The van der Waals surface area contributed by atoms with Crippen molar-refractivity contribution < 1.29 is 18.0 Å². The van der Waals surface area contributed by atoms with Gasteiger partial charge in [0.1, 0.15) is 0 Å². The zero-order valence-electron chi connectivity index (χ0n) is 16.3. The summed E-state index contributed by atoms with van der Waals surface area (Å²) in [6.45, 7) is 1.18. The molecule has 29 heavy (non-hydrogen) atoms. The van der Waals surface area contributed by atoms with Gasteiger partial charge in [-0.15, -0.1) is 0 Å². The predicted molar refractivity (Wildman–Crippen MR) is 111 cm³/mol. The minimum Gasteiger partial charge on any atom is -0.352 e. The Hall–Kier alpha value is -2.71. The lowest BCUT2D eigenvalue weighted by Gasteiger charge is -2.16. The Kier molecular flexibility index (Phi) is 6.66. The van der Waals surface area contributed by atoms with Gasteiger partial charge in [-0.05, 0) is 55.3 Å². The van der Waals surface area contributed by atoms with Crippen molar-refractivity contribution in [3.8, 4) is 0 Å². The Morgan fingerprint density at radius 2 is 1.69 bits per heavy atom. The van der Waals surface area contributed by atoms with Gasteiger partial charge in [-0.3, -0.25) is 9.59 Å². The van der Waals surface area contributed by atoms with E-state index in [-0.39, 0.29) is 16.7 Å². The van der Waals surface area contributed by atoms with Crippen LogP contribution in [0.5, 0.6) is 0 Å². The Labute approximate surface area is 171 Å². The van der Waals surface area contributed by atoms with Crippen LogP contribution < -0.4 is 14.9 Å². The highest BCUT2D eigenvalue weighted by Crippen LogP contribution is 2.21. The first-order chi connectivity index (χ1) is 13.9. The van der Waals surface area contributed by atoms with Gasteiger partial charge in [0.2, 0.25) is 21.8 Å². The number of rotatable bonds is 8. The lowest BCUT2D eigenvalue weighted by molar-refractivity contribution is -0.121. The van der Waals surface area contributed by atoms with Crippen molar-refractivity contribution in [2.45, 2.75) is 37.1 Å². The molecule has 154 valence electrons. The van der Waals surface area contributed by atoms with Crippen LogP contribution in [0.1, 0.15) is 30.4 Å². The summed E-state index contributed by atoms with van der Waals surface area (Å²) in [5, 5.41) is 2.89. The number of benzene rings is 2. The van der Waals surface area contributed by atoms with Crippen molar-refractivity contribution in [1.82, 2.24) is 10.0 Å². The van der Waals surface area contributed by atoms with Crippen molar-refractivity contribution in [3.05, 3.63) is 59.7 Å². The zero-order valence-corrected chi connectivity index (χ0v) is 17.2. The van der Waals surface area contributed by atoms with Crippen LogP contribution in [-0.4, -0.2) is 33.8 Å². The molecular formula is C21H25N3O4S. The first-order valence-electron chi connectivity index (χ1n) is 9.57. The van der Waals surface area contributed by atoms with Crippen LogP contribution in [0.4, 0.5) is 5.69 Å². The number of nitrogens with one attached hydrogen (secondary N) is 2. The maximum Gasteiger partial charge on any atom is 0.240 e. The molecule has 0 bridgehead atoms. The van der Waals surface area contributed by atoms with Gasteiger partial charge in [-0.2, -0.15) is 0 Å². The maximum absolute atomic E-state index is 12.1. The van der Waals surface area contributed by atoms with Gasteiger partial charge in [0.15, 0.2) is 0 Å². The van der Waals surface area contributed by atoms with E-state index in [1.54, 1.807) is 17.0 Å². The number of carbonyl (C=O) groups is 2. The van der Waals surface area contributed by atoms with E-state index in [4.69, 9.17) is 0 Å². The fourth-order valence-corrected chi connectivity index (χ4v) is 3.95. The maximum atomic E-state index is 12.1. The molecule has 1 aliphatic rings. The lowest BCUT2D eigenvalue weighted by atomic mass is 10.1. The van der Waals surface area contributed by atoms with E-state index in [1.165, 1.54) is 19.2 Å². The first-order valence-corrected chi connectivity index (χ1v) is 11.1. The van der Waals surface area contributed by atoms with Gasteiger partial charge >= 0.3 is 0 Å². The molecule has 0 aromatic heterocycles. The predicted octanol–water partition coefficient (Wildman–Crippen LogP) is 1.97. The summed E-state index contributed by atoms with van der Waals surface area (Å²) in [6, 6.07) is 14.2. The number of nitrogens with zero attached hydrogens (tertiary/aromatic N) is 1. The fourth-order valence-electron chi connectivity index (χ4n) is 3.21. The number of sulfonamides is 1. The highest BCUT2D eigenvalue weighted by atomic mass is 32.2. The molecule has 1 aliphatic heterocycles. The van der Waals surface area contributed by atoms with E-state index in [2.05, 4.69) is 10.0 Å². The van der Waals surface area contributed by atoms with E-state index in [9.17, 15) is 18.0 Å². The molecule has 0 unspecified atom stereocenters. The molecule has 2 aromatic rings. The minimum atomic E-state index is -3.45. The van der Waals surface area contributed by atoms with E-state index < -0.39 is 10.0 Å². The summed E-state index contributed by atoms with van der Waals surface area (Å²) in [5.74, 6) is 0.0818. The third kappa shape index (κ3) is 5.42. The van der Waals surface area contributed by atoms with Gasteiger partial charge in [0, 0.05) is 31.6 Å². The van der Waals surface area contributed by atoms with E-state index in [0.29, 0.717) is 25.8 Å². The number of amides is 2. The number of hydrogen-bond acceptors (Lipinski definition) is 4. The number of carbonyl (C=O) groups excluding carboxylic acids is 2. The highest BCUT2D eigenvalue weighted by Gasteiger charge is 2.21. The molecule has 0 spiro atoms. The Balaban J connectivity index is 1.46. The lowest BCUT2D eigenvalue weighted by Crippen LogP contribution is -2.24. The topological polar surface area (TPSA) is 95.6 Å². The van der Waals surface area contributed by atoms with Gasteiger partial charge in [0.05, 0.1) is 4.90 Å². The molecule has 0 aliphatic carbocycles. The van der Waals surface area contributed by atoms with Crippen LogP contribution in [-0.2, 0) is 32.6 Å². The Bertz CT molecular complexity index is 970. The second-order valence-corrected chi connectivity index (χ2v) is 8.83. The summed E-state index contributed by atoms with van der Waals surface area (Å²) in [6.07, 6.45) is 2.34. The zero-order chi connectivity index (χ0) is 20.9. The van der Waals surface area contributed by atoms with Crippen LogP contribution >= 0.6 is 0 Å². The van der Waals surface area contributed by atoms with Crippen molar-refractivity contribution in [2.75, 3.05) is 18.5 Å². The summed E-state index contributed by atoms with van der Waals surface area (Å²) in [4.78, 5) is 25.9. The summed E-state index contributed by atoms with van der Waals surface area (Å²) in [7, 11) is -2.08. The van der Waals surface area contributed by atoms with Crippen LogP contribution in [0.2, 0.25) is 0 Å². The number of aryl methyl sites for hydroxylation is 1. The largest absolute Gasteiger partial charge is 0.352 e.